The molecule has 0 aromatic heterocycles. The van der Waals surface area contributed by atoms with Gasteiger partial charge in [-0.2, -0.15) is 13.2 Å². The average molecular weight is 239 g/mol. The molecule has 1 aliphatic rings. The van der Waals surface area contributed by atoms with Crippen LogP contribution in [0.15, 0.2) is 0 Å². The van der Waals surface area contributed by atoms with Gasteiger partial charge in [-0.1, -0.05) is 19.3 Å². The zero-order valence-corrected chi connectivity index (χ0v) is 9.45. The molecule has 0 heterocycles. The average Bonchev–Trinajstić information content (AvgIpc) is 2.25. The molecule has 96 valence electrons. The van der Waals surface area contributed by atoms with E-state index in [1.807, 2.05) is 0 Å². The van der Waals surface area contributed by atoms with E-state index in [1.165, 1.54) is 6.42 Å². The second-order valence-corrected chi connectivity index (χ2v) is 4.76. The van der Waals surface area contributed by atoms with E-state index in [-0.39, 0.29) is 18.6 Å². The van der Waals surface area contributed by atoms with Crippen molar-refractivity contribution in [2.24, 2.45) is 5.41 Å². The number of alkyl halides is 3. The fourth-order valence-electron chi connectivity index (χ4n) is 2.28. The van der Waals surface area contributed by atoms with Crippen LogP contribution in [-0.4, -0.2) is 31.0 Å². The standard InChI is InChI=1S/C11H20F3NO/c12-11(13,14)6-7-15-8-10(9-16)4-2-1-3-5-10/h15-16H,1-9H2. The van der Waals surface area contributed by atoms with Gasteiger partial charge in [0.2, 0.25) is 0 Å². The van der Waals surface area contributed by atoms with Crippen LogP contribution in [0.1, 0.15) is 38.5 Å². The van der Waals surface area contributed by atoms with Crippen LogP contribution in [0.4, 0.5) is 13.2 Å². The number of rotatable bonds is 5. The maximum absolute atomic E-state index is 11.9. The molecule has 16 heavy (non-hydrogen) atoms. The molecule has 0 saturated heterocycles. The van der Waals surface area contributed by atoms with E-state index in [1.54, 1.807) is 0 Å². The Bertz CT molecular complexity index is 200. The SMILES string of the molecule is OCC1(CNCCC(F)(F)F)CCCCC1. The number of aliphatic hydroxyl groups excluding tert-OH is 1. The van der Waals surface area contributed by atoms with Gasteiger partial charge < -0.3 is 10.4 Å². The van der Waals surface area contributed by atoms with Crippen molar-refractivity contribution >= 4 is 0 Å². The summed E-state index contributed by atoms with van der Waals surface area (Å²) in [7, 11) is 0. The highest BCUT2D eigenvalue weighted by atomic mass is 19.4. The number of hydrogen-bond acceptors (Lipinski definition) is 2. The van der Waals surface area contributed by atoms with Gasteiger partial charge in [-0.3, -0.25) is 0 Å². The van der Waals surface area contributed by atoms with E-state index in [2.05, 4.69) is 5.32 Å². The Kier molecular flexibility index (Phi) is 5.05. The van der Waals surface area contributed by atoms with Crippen LogP contribution in [0, 0.1) is 5.41 Å². The third-order valence-electron chi connectivity index (χ3n) is 3.33. The van der Waals surface area contributed by atoms with Crippen LogP contribution in [0.2, 0.25) is 0 Å². The summed E-state index contributed by atoms with van der Waals surface area (Å²) >= 11 is 0. The molecule has 5 heteroatoms. The highest BCUT2D eigenvalue weighted by molar-refractivity contribution is 4.84. The normalized spacial score (nSPS) is 21.0. The number of hydrogen-bond donors (Lipinski definition) is 2. The van der Waals surface area contributed by atoms with Crippen molar-refractivity contribution in [1.82, 2.24) is 5.32 Å². The Hall–Kier alpha value is -0.290. The van der Waals surface area contributed by atoms with Gasteiger partial charge in [-0.15, -0.1) is 0 Å². The van der Waals surface area contributed by atoms with Gasteiger partial charge >= 0.3 is 6.18 Å². The molecule has 0 bridgehead atoms. The van der Waals surface area contributed by atoms with Crippen molar-refractivity contribution in [2.45, 2.75) is 44.7 Å². The van der Waals surface area contributed by atoms with Gasteiger partial charge in [-0.05, 0) is 12.8 Å². The molecule has 1 rings (SSSR count). The molecule has 0 amide bonds. The smallest absolute Gasteiger partial charge is 0.390 e. The van der Waals surface area contributed by atoms with Gasteiger partial charge in [-0.25, -0.2) is 0 Å². The number of aliphatic hydroxyl groups is 1. The summed E-state index contributed by atoms with van der Waals surface area (Å²) in [6.07, 6.45) is 0.263. The Morgan fingerprint density at radius 3 is 2.25 bits per heavy atom. The Labute approximate surface area is 94.2 Å². The first kappa shape index (κ1) is 13.8. The van der Waals surface area contributed by atoms with Crippen LogP contribution in [0.3, 0.4) is 0 Å². The molecule has 0 spiro atoms. The van der Waals surface area contributed by atoms with E-state index in [9.17, 15) is 18.3 Å². The van der Waals surface area contributed by atoms with E-state index in [0.29, 0.717) is 6.54 Å². The second kappa shape index (κ2) is 5.87. The Balaban J connectivity index is 2.23. The van der Waals surface area contributed by atoms with Crippen molar-refractivity contribution in [3.8, 4) is 0 Å². The highest BCUT2D eigenvalue weighted by Gasteiger charge is 2.31. The summed E-state index contributed by atoms with van der Waals surface area (Å²) < 4.78 is 35.7. The van der Waals surface area contributed by atoms with E-state index in [0.717, 1.165) is 25.7 Å². The Morgan fingerprint density at radius 2 is 1.75 bits per heavy atom. The summed E-state index contributed by atoms with van der Waals surface area (Å²) in [6.45, 7) is 0.525. The van der Waals surface area contributed by atoms with Gasteiger partial charge in [0.15, 0.2) is 0 Å². The van der Waals surface area contributed by atoms with Gasteiger partial charge in [0.25, 0.3) is 0 Å². The molecule has 0 unspecified atom stereocenters. The first-order chi connectivity index (χ1) is 7.47. The monoisotopic (exact) mass is 239 g/mol. The van der Waals surface area contributed by atoms with E-state index >= 15 is 0 Å². The van der Waals surface area contributed by atoms with Crippen LogP contribution in [0.25, 0.3) is 0 Å². The first-order valence-electron chi connectivity index (χ1n) is 5.86. The van der Waals surface area contributed by atoms with Crippen molar-refractivity contribution in [1.29, 1.82) is 0 Å². The summed E-state index contributed by atoms with van der Waals surface area (Å²) in [4.78, 5) is 0. The van der Waals surface area contributed by atoms with Gasteiger partial charge in [0.05, 0.1) is 6.42 Å². The maximum Gasteiger partial charge on any atom is 0.390 e. The van der Waals surface area contributed by atoms with Crippen molar-refractivity contribution in [2.75, 3.05) is 19.7 Å². The molecule has 0 radical (unpaired) electrons. The summed E-state index contributed by atoms with van der Waals surface area (Å²) in [5.41, 5.74) is -0.177. The third-order valence-corrected chi connectivity index (χ3v) is 3.33. The summed E-state index contributed by atoms with van der Waals surface area (Å²) in [5.74, 6) is 0. The predicted molar refractivity (Wildman–Crippen MR) is 56.1 cm³/mol. The molecule has 1 aliphatic carbocycles. The van der Waals surface area contributed by atoms with Gasteiger partial charge in [0, 0.05) is 25.1 Å². The Morgan fingerprint density at radius 1 is 1.12 bits per heavy atom. The second-order valence-electron chi connectivity index (χ2n) is 4.76. The van der Waals surface area contributed by atoms with E-state index in [4.69, 9.17) is 0 Å². The fraction of sp³-hybridized carbons (Fsp3) is 1.00. The lowest BCUT2D eigenvalue weighted by Gasteiger charge is -2.35. The lowest BCUT2D eigenvalue weighted by atomic mass is 9.74. The van der Waals surface area contributed by atoms with Crippen LogP contribution < -0.4 is 5.32 Å². The summed E-state index contributed by atoms with van der Waals surface area (Å²) in [5, 5.41) is 12.2. The maximum atomic E-state index is 11.9. The number of halogens is 3. The molecule has 0 aromatic rings. The zero-order valence-electron chi connectivity index (χ0n) is 9.45. The lowest BCUT2D eigenvalue weighted by Crippen LogP contribution is -2.40. The molecule has 0 aliphatic heterocycles. The van der Waals surface area contributed by atoms with Crippen molar-refractivity contribution in [3.63, 3.8) is 0 Å². The van der Waals surface area contributed by atoms with Crippen LogP contribution >= 0.6 is 0 Å². The molecule has 0 aromatic carbocycles. The largest absolute Gasteiger partial charge is 0.396 e. The summed E-state index contributed by atoms with van der Waals surface area (Å²) in [6, 6.07) is 0. The molecule has 0 atom stereocenters. The minimum absolute atomic E-state index is 0.0503. The number of nitrogens with one attached hydrogen (secondary N) is 1. The van der Waals surface area contributed by atoms with Gasteiger partial charge in [0.1, 0.15) is 0 Å². The lowest BCUT2D eigenvalue weighted by molar-refractivity contribution is -0.133. The minimum atomic E-state index is -4.09. The topological polar surface area (TPSA) is 32.3 Å². The molecule has 2 N–H and O–H groups in total. The van der Waals surface area contributed by atoms with Crippen LogP contribution in [0.5, 0.6) is 0 Å². The quantitative estimate of drug-likeness (QED) is 0.722. The minimum Gasteiger partial charge on any atom is -0.396 e. The zero-order chi connectivity index (χ0) is 12.1. The fourth-order valence-corrected chi connectivity index (χ4v) is 2.28. The third kappa shape index (κ3) is 4.70. The predicted octanol–water partition coefficient (Wildman–Crippen LogP) is 2.47. The molecule has 1 fully saturated rings. The molecule has 2 nitrogen and oxygen atoms in total. The molecule has 1 saturated carbocycles. The van der Waals surface area contributed by atoms with Crippen LogP contribution in [-0.2, 0) is 0 Å². The van der Waals surface area contributed by atoms with E-state index < -0.39 is 12.6 Å². The first-order valence-corrected chi connectivity index (χ1v) is 5.86. The molecular weight excluding hydrogens is 219 g/mol. The molecular formula is C11H20F3NO. The van der Waals surface area contributed by atoms with Crippen molar-refractivity contribution < 1.29 is 18.3 Å². The highest BCUT2D eigenvalue weighted by Crippen LogP contribution is 2.35. The van der Waals surface area contributed by atoms with Crippen molar-refractivity contribution in [3.05, 3.63) is 0 Å².